The molecule has 1 atom stereocenters. The van der Waals surface area contributed by atoms with Crippen molar-refractivity contribution in [1.82, 2.24) is 4.90 Å². The summed E-state index contributed by atoms with van der Waals surface area (Å²) in [6.07, 6.45) is 7.61. The van der Waals surface area contributed by atoms with E-state index in [9.17, 15) is 14.4 Å². The number of amides is 3. The Kier molecular flexibility index (Phi) is 7.29. The molecule has 0 aromatic heterocycles. The van der Waals surface area contributed by atoms with Crippen molar-refractivity contribution in [1.29, 1.82) is 0 Å². The number of piperidine rings is 1. The first-order valence-electron chi connectivity index (χ1n) is 11.0. The van der Waals surface area contributed by atoms with Crippen molar-refractivity contribution < 1.29 is 14.4 Å². The number of hydrogen-bond donors (Lipinski definition) is 2. The summed E-state index contributed by atoms with van der Waals surface area (Å²) in [7, 11) is 0. The molecule has 2 N–H and O–H groups in total. The molecule has 1 aliphatic carbocycles. The molecule has 0 bridgehead atoms. The van der Waals surface area contributed by atoms with Crippen LogP contribution in [0.15, 0.2) is 24.3 Å². The summed E-state index contributed by atoms with van der Waals surface area (Å²) in [5.74, 6) is 0.236. The van der Waals surface area contributed by atoms with Gasteiger partial charge in [0.2, 0.25) is 17.7 Å². The third-order valence-corrected chi connectivity index (χ3v) is 6.30. The first-order chi connectivity index (χ1) is 14.0. The molecule has 1 saturated carbocycles. The van der Waals surface area contributed by atoms with Crippen molar-refractivity contribution in [3.05, 3.63) is 24.3 Å². The zero-order chi connectivity index (χ0) is 20.8. The van der Waals surface area contributed by atoms with Gasteiger partial charge >= 0.3 is 0 Å². The molecule has 6 heteroatoms. The number of carbonyl (C=O) groups excluding carboxylic acids is 3. The van der Waals surface area contributed by atoms with Gasteiger partial charge in [0.1, 0.15) is 0 Å². The molecule has 0 spiro atoms. The lowest BCUT2D eigenvalue weighted by molar-refractivity contribution is -0.141. The molecule has 1 saturated heterocycles. The molecule has 0 radical (unpaired) electrons. The molecule has 1 aliphatic heterocycles. The highest BCUT2D eigenvalue weighted by molar-refractivity contribution is 5.93. The van der Waals surface area contributed by atoms with E-state index in [1.54, 1.807) is 24.3 Å². The van der Waals surface area contributed by atoms with E-state index in [4.69, 9.17) is 0 Å². The van der Waals surface area contributed by atoms with E-state index in [2.05, 4.69) is 22.5 Å². The average Bonchev–Trinajstić information content (AvgIpc) is 2.74. The predicted octanol–water partition coefficient (Wildman–Crippen LogP) is 4.18. The number of likely N-dealkylation sites (tertiary alicyclic amines) is 1. The predicted molar refractivity (Wildman–Crippen MR) is 114 cm³/mol. The Bertz CT molecular complexity index is 723. The summed E-state index contributed by atoms with van der Waals surface area (Å²) in [5, 5.41) is 5.68. The van der Waals surface area contributed by atoms with Crippen LogP contribution in [0, 0.1) is 11.8 Å². The van der Waals surface area contributed by atoms with Crippen LogP contribution >= 0.6 is 0 Å². The maximum absolute atomic E-state index is 13.0. The van der Waals surface area contributed by atoms with Gasteiger partial charge in [-0.3, -0.25) is 14.4 Å². The zero-order valence-corrected chi connectivity index (χ0v) is 17.6. The van der Waals surface area contributed by atoms with Crippen molar-refractivity contribution >= 4 is 29.1 Å². The Balaban J connectivity index is 1.49. The van der Waals surface area contributed by atoms with Crippen LogP contribution in [-0.2, 0) is 14.4 Å². The molecule has 6 nitrogen and oxygen atoms in total. The zero-order valence-electron chi connectivity index (χ0n) is 17.6. The smallest absolute Gasteiger partial charge is 0.227 e. The minimum absolute atomic E-state index is 0.0209. The van der Waals surface area contributed by atoms with E-state index >= 15 is 0 Å². The molecular weight excluding hydrogens is 366 g/mol. The van der Waals surface area contributed by atoms with Crippen LogP contribution in [-0.4, -0.2) is 35.2 Å². The van der Waals surface area contributed by atoms with Crippen LogP contribution < -0.4 is 10.6 Å². The number of carbonyl (C=O) groups is 3. The number of anilines is 2. The van der Waals surface area contributed by atoms with Crippen LogP contribution in [0.2, 0.25) is 0 Å². The van der Waals surface area contributed by atoms with Crippen molar-refractivity contribution in [3.63, 3.8) is 0 Å². The van der Waals surface area contributed by atoms with Gasteiger partial charge in [0.05, 0.1) is 0 Å². The SMILES string of the molecule is CCC1CCCCN1C(=O)C1CCC(C(=O)Nc2ccc(NC(C)=O)cc2)CC1. The molecule has 1 aromatic rings. The topological polar surface area (TPSA) is 78.5 Å². The monoisotopic (exact) mass is 399 g/mol. The highest BCUT2D eigenvalue weighted by Gasteiger charge is 2.34. The highest BCUT2D eigenvalue weighted by atomic mass is 16.2. The lowest BCUT2D eigenvalue weighted by atomic mass is 9.80. The van der Waals surface area contributed by atoms with E-state index in [-0.39, 0.29) is 23.7 Å². The van der Waals surface area contributed by atoms with Gasteiger partial charge in [-0.2, -0.15) is 0 Å². The van der Waals surface area contributed by atoms with E-state index in [0.29, 0.717) is 17.6 Å². The average molecular weight is 400 g/mol. The van der Waals surface area contributed by atoms with Crippen LogP contribution in [0.3, 0.4) is 0 Å². The molecule has 3 rings (SSSR count). The second kappa shape index (κ2) is 9.90. The van der Waals surface area contributed by atoms with Crippen molar-refractivity contribution in [2.45, 2.75) is 71.3 Å². The van der Waals surface area contributed by atoms with Gasteiger partial charge in [0.25, 0.3) is 0 Å². The number of benzene rings is 1. The molecule has 2 aliphatic rings. The highest BCUT2D eigenvalue weighted by Crippen LogP contribution is 2.33. The normalized spacial score (nSPS) is 24.6. The van der Waals surface area contributed by atoms with Gasteiger partial charge < -0.3 is 15.5 Å². The summed E-state index contributed by atoms with van der Waals surface area (Å²) < 4.78 is 0. The largest absolute Gasteiger partial charge is 0.339 e. The first kappa shape index (κ1) is 21.3. The molecule has 3 amide bonds. The minimum Gasteiger partial charge on any atom is -0.339 e. The molecule has 29 heavy (non-hydrogen) atoms. The number of rotatable bonds is 5. The van der Waals surface area contributed by atoms with E-state index in [0.717, 1.165) is 57.2 Å². The van der Waals surface area contributed by atoms with Crippen molar-refractivity contribution in [2.75, 3.05) is 17.2 Å². The van der Waals surface area contributed by atoms with E-state index in [1.807, 2.05) is 0 Å². The molecule has 1 heterocycles. The molecule has 1 unspecified atom stereocenters. The fraction of sp³-hybridized carbons (Fsp3) is 0.609. The van der Waals surface area contributed by atoms with Crippen LogP contribution in [0.25, 0.3) is 0 Å². The first-order valence-corrected chi connectivity index (χ1v) is 11.0. The Morgan fingerprint density at radius 1 is 0.897 bits per heavy atom. The third kappa shape index (κ3) is 5.58. The minimum atomic E-state index is -0.122. The summed E-state index contributed by atoms with van der Waals surface area (Å²) in [4.78, 5) is 38.8. The second-order valence-electron chi connectivity index (χ2n) is 8.39. The molecule has 2 fully saturated rings. The Labute approximate surface area is 173 Å². The summed E-state index contributed by atoms with van der Waals surface area (Å²) in [5.41, 5.74) is 1.43. The fourth-order valence-electron chi connectivity index (χ4n) is 4.64. The van der Waals surface area contributed by atoms with Gasteiger partial charge in [0.15, 0.2) is 0 Å². The van der Waals surface area contributed by atoms with Crippen molar-refractivity contribution in [2.24, 2.45) is 11.8 Å². The lowest BCUT2D eigenvalue weighted by Crippen LogP contribution is -2.47. The fourth-order valence-corrected chi connectivity index (χ4v) is 4.64. The Morgan fingerprint density at radius 3 is 2.07 bits per heavy atom. The number of hydrogen-bond acceptors (Lipinski definition) is 3. The maximum atomic E-state index is 13.0. The summed E-state index contributed by atoms with van der Waals surface area (Å²) in [6, 6.07) is 7.53. The molecule has 1 aromatic carbocycles. The van der Waals surface area contributed by atoms with E-state index in [1.165, 1.54) is 13.3 Å². The third-order valence-electron chi connectivity index (χ3n) is 6.30. The van der Waals surface area contributed by atoms with Gasteiger partial charge in [-0.1, -0.05) is 6.92 Å². The maximum Gasteiger partial charge on any atom is 0.227 e. The van der Waals surface area contributed by atoms with Crippen LogP contribution in [0.4, 0.5) is 11.4 Å². The van der Waals surface area contributed by atoms with Gasteiger partial charge in [0, 0.05) is 42.7 Å². The Hall–Kier alpha value is -2.37. The molecule has 158 valence electrons. The second-order valence-corrected chi connectivity index (χ2v) is 8.39. The standard InChI is InChI=1S/C23H33N3O3/c1-3-21-6-4-5-15-26(21)23(29)18-9-7-17(8-10-18)22(28)25-20-13-11-19(12-14-20)24-16(2)27/h11-14,17-18,21H,3-10,15H2,1-2H3,(H,24,27)(H,25,28). The summed E-state index contributed by atoms with van der Waals surface area (Å²) >= 11 is 0. The van der Waals surface area contributed by atoms with E-state index < -0.39 is 0 Å². The van der Waals surface area contributed by atoms with Gasteiger partial charge in [-0.05, 0) is 75.6 Å². The van der Waals surface area contributed by atoms with Crippen LogP contribution in [0.5, 0.6) is 0 Å². The summed E-state index contributed by atoms with van der Waals surface area (Å²) in [6.45, 7) is 4.52. The van der Waals surface area contributed by atoms with Crippen LogP contribution in [0.1, 0.15) is 65.2 Å². The van der Waals surface area contributed by atoms with Gasteiger partial charge in [-0.15, -0.1) is 0 Å². The van der Waals surface area contributed by atoms with Crippen molar-refractivity contribution in [3.8, 4) is 0 Å². The molecular formula is C23H33N3O3. The quantitative estimate of drug-likeness (QED) is 0.779. The number of nitrogens with one attached hydrogen (secondary N) is 2. The lowest BCUT2D eigenvalue weighted by Gasteiger charge is -2.39. The van der Waals surface area contributed by atoms with Gasteiger partial charge in [-0.25, -0.2) is 0 Å². The number of nitrogens with zero attached hydrogens (tertiary/aromatic N) is 1. The Morgan fingerprint density at radius 2 is 1.48 bits per heavy atom.